The molecule has 13 heavy (non-hydrogen) atoms. The normalized spacial score (nSPS) is 34.2. The van der Waals surface area contributed by atoms with Crippen molar-refractivity contribution in [3.8, 4) is 0 Å². The van der Waals surface area contributed by atoms with Gasteiger partial charge in [-0.05, 0) is 32.1 Å². The van der Waals surface area contributed by atoms with Crippen LogP contribution in [-0.4, -0.2) is 11.1 Å². The van der Waals surface area contributed by atoms with Gasteiger partial charge in [0.15, 0.2) is 0 Å². The molecular weight excluding hydrogens is 164 g/mol. The average Bonchev–Trinajstić information content (AvgIpc) is 2.45. The summed E-state index contributed by atoms with van der Waals surface area (Å²) in [7, 11) is 0. The van der Waals surface area contributed by atoms with Crippen LogP contribution in [0.2, 0.25) is 0 Å². The van der Waals surface area contributed by atoms with Crippen LogP contribution in [0, 0.1) is 11.3 Å². The maximum Gasteiger partial charge on any atom is 0.310 e. The van der Waals surface area contributed by atoms with Crippen LogP contribution in [0.4, 0.5) is 0 Å². The van der Waals surface area contributed by atoms with E-state index in [1.54, 1.807) is 0 Å². The highest BCUT2D eigenvalue weighted by molar-refractivity contribution is 5.75. The van der Waals surface area contributed by atoms with Crippen molar-refractivity contribution in [3.63, 3.8) is 0 Å². The third-order valence-electron chi connectivity index (χ3n) is 3.35. The van der Waals surface area contributed by atoms with E-state index in [0.29, 0.717) is 12.3 Å². The number of aliphatic carboxylic acids is 1. The summed E-state index contributed by atoms with van der Waals surface area (Å²) in [5.41, 5.74) is -0.466. The van der Waals surface area contributed by atoms with Gasteiger partial charge in [0.1, 0.15) is 0 Å². The van der Waals surface area contributed by atoms with Gasteiger partial charge in [-0.1, -0.05) is 25.5 Å². The highest BCUT2D eigenvalue weighted by Gasteiger charge is 2.45. The molecule has 1 aliphatic carbocycles. The van der Waals surface area contributed by atoms with Crippen LogP contribution in [0.25, 0.3) is 0 Å². The Hall–Kier alpha value is -0.790. The van der Waals surface area contributed by atoms with Gasteiger partial charge >= 0.3 is 5.97 Å². The van der Waals surface area contributed by atoms with E-state index < -0.39 is 11.4 Å². The fourth-order valence-corrected chi connectivity index (χ4v) is 2.28. The predicted molar refractivity (Wildman–Crippen MR) is 52.5 cm³/mol. The van der Waals surface area contributed by atoms with Crippen molar-refractivity contribution in [1.82, 2.24) is 0 Å². The third kappa shape index (κ3) is 1.77. The first-order valence-corrected chi connectivity index (χ1v) is 4.98. The molecule has 0 aromatic heterocycles. The van der Waals surface area contributed by atoms with Crippen LogP contribution in [0.1, 0.15) is 39.5 Å². The Balaban J connectivity index is 2.80. The summed E-state index contributed by atoms with van der Waals surface area (Å²) >= 11 is 0. The number of allylic oxidation sites excluding steroid dienone is 2. The SMILES string of the molecule is C/C=C/CC1(C(=O)O)CCCC1C. The second kappa shape index (κ2) is 3.95. The number of rotatable bonds is 3. The van der Waals surface area contributed by atoms with Crippen LogP contribution < -0.4 is 0 Å². The lowest BCUT2D eigenvalue weighted by Gasteiger charge is -2.27. The van der Waals surface area contributed by atoms with Gasteiger partial charge in [0.25, 0.3) is 0 Å². The summed E-state index contributed by atoms with van der Waals surface area (Å²) < 4.78 is 0. The summed E-state index contributed by atoms with van der Waals surface area (Å²) in [6, 6.07) is 0. The molecule has 0 bridgehead atoms. The molecule has 1 fully saturated rings. The summed E-state index contributed by atoms with van der Waals surface area (Å²) in [6.45, 7) is 4.00. The van der Waals surface area contributed by atoms with Crippen LogP contribution >= 0.6 is 0 Å². The van der Waals surface area contributed by atoms with Crippen molar-refractivity contribution in [2.45, 2.75) is 39.5 Å². The van der Waals surface area contributed by atoms with Gasteiger partial charge in [-0.15, -0.1) is 0 Å². The average molecular weight is 182 g/mol. The van der Waals surface area contributed by atoms with Gasteiger partial charge in [-0.3, -0.25) is 4.79 Å². The smallest absolute Gasteiger partial charge is 0.310 e. The molecule has 0 aromatic carbocycles. The number of carbonyl (C=O) groups is 1. The lowest BCUT2D eigenvalue weighted by molar-refractivity contribution is -0.150. The zero-order chi connectivity index (χ0) is 9.90. The molecule has 2 nitrogen and oxygen atoms in total. The highest BCUT2D eigenvalue weighted by Crippen LogP contribution is 2.46. The van der Waals surface area contributed by atoms with E-state index in [9.17, 15) is 9.90 Å². The van der Waals surface area contributed by atoms with Crippen molar-refractivity contribution in [2.75, 3.05) is 0 Å². The van der Waals surface area contributed by atoms with Gasteiger partial charge in [0.2, 0.25) is 0 Å². The minimum atomic E-state index is -0.615. The van der Waals surface area contributed by atoms with Crippen LogP contribution in [-0.2, 0) is 4.79 Å². The van der Waals surface area contributed by atoms with Crippen molar-refractivity contribution in [1.29, 1.82) is 0 Å². The Morgan fingerprint density at radius 2 is 2.38 bits per heavy atom. The van der Waals surface area contributed by atoms with Gasteiger partial charge in [-0.25, -0.2) is 0 Å². The van der Waals surface area contributed by atoms with E-state index in [4.69, 9.17) is 0 Å². The molecule has 2 heteroatoms. The summed E-state index contributed by atoms with van der Waals surface area (Å²) in [5, 5.41) is 9.23. The van der Waals surface area contributed by atoms with Gasteiger partial charge in [0, 0.05) is 0 Å². The van der Waals surface area contributed by atoms with Crippen molar-refractivity contribution >= 4 is 5.97 Å². The van der Waals surface area contributed by atoms with Gasteiger partial charge in [-0.2, -0.15) is 0 Å². The Bertz CT molecular complexity index is 220. The van der Waals surface area contributed by atoms with Crippen LogP contribution in [0.15, 0.2) is 12.2 Å². The van der Waals surface area contributed by atoms with E-state index in [2.05, 4.69) is 6.92 Å². The molecule has 0 amide bonds. The Labute approximate surface area is 79.6 Å². The fourth-order valence-electron chi connectivity index (χ4n) is 2.28. The van der Waals surface area contributed by atoms with Gasteiger partial charge in [0.05, 0.1) is 5.41 Å². The molecule has 1 saturated carbocycles. The maximum atomic E-state index is 11.2. The second-order valence-corrected chi connectivity index (χ2v) is 4.03. The van der Waals surface area contributed by atoms with Crippen LogP contribution in [0.3, 0.4) is 0 Å². The summed E-state index contributed by atoms with van der Waals surface area (Å²) in [5.74, 6) is -0.295. The lowest BCUT2D eigenvalue weighted by atomic mass is 9.76. The van der Waals surface area contributed by atoms with Gasteiger partial charge < -0.3 is 5.11 Å². The van der Waals surface area contributed by atoms with E-state index in [0.717, 1.165) is 19.3 Å². The number of hydrogen-bond acceptors (Lipinski definition) is 1. The third-order valence-corrected chi connectivity index (χ3v) is 3.35. The molecule has 2 unspecified atom stereocenters. The number of carboxylic acids is 1. The molecule has 0 aromatic rings. The van der Waals surface area contributed by atoms with E-state index in [-0.39, 0.29) is 0 Å². The number of carboxylic acid groups (broad SMARTS) is 1. The molecule has 2 atom stereocenters. The predicted octanol–water partition coefficient (Wildman–Crippen LogP) is 2.84. The van der Waals surface area contributed by atoms with E-state index in [1.165, 1.54) is 0 Å². The quantitative estimate of drug-likeness (QED) is 0.681. The minimum Gasteiger partial charge on any atom is -0.481 e. The van der Waals surface area contributed by atoms with Crippen molar-refractivity contribution in [2.24, 2.45) is 11.3 Å². The zero-order valence-electron chi connectivity index (χ0n) is 8.42. The number of hydrogen-bond donors (Lipinski definition) is 1. The topological polar surface area (TPSA) is 37.3 Å². The molecule has 1 aliphatic rings. The molecule has 1 N–H and O–H groups in total. The summed E-state index contributed by atoms with van der Waals surface area (Å²) in [4.78, 5) is 11.2. The molecule has 0 spiro atoms. The Morgan fingerprint density at radius 3 is 2.77 bits per heavy atom. The molecule has 0 radical (unpaired) electrons. The Morgan fingerprint density at radius 1 is 1.69 bits per heavy atom. The molecule has 74 valence electrons. The lowest BCUT2D eigenvalue weighted by Crippen LogP contribution is -2.32. The standard InChI is InChI=1S/C11H18O2/c1-3-4-7-11(10(12)13)8-5-6-9(11)2/h3-4,9H,5-8H2,1-2H3,(H,12,13)/b4-3+. The van der Waals surface area contributed by atoms with E-state index >= 15 is 0 Å². The van der Waals surface area contributed by atoms with Crippen LogP contribution in [0.5, 0.6) is 0 Å². The first-order chi connectivity index (χ1) is 6.13. The zero-order valence-corrected chi connectivity index (χ0v) is 8.42. The molecule has 0 saturated heterocycles. The molecule has 0 aliphatic heterocycles. The van der Waals surface area contributed by atoms with Crippen molar-refractivity contribution in [3.05, 3.63) is 12.2 Å². The largest absolute Gasteiger partial charge is 0.481 e. The first kappa shape index (κ1) is 10.3. The minimum absolute atomic E-state index is 0.321. The first-order valence-electron chi connectivity index (χ1n) is 4.98. The molecular formula is C11H18O2. The summed E-state index contributed by atoms with van der Waals surface area (Å²) in [6.07, 6.45) is 7.58. The molecule has 1 rings (SSSR count). The van der Waals surface area contributed by atoms with Crippen molar-refractivity contribution < 1.29 is 9.90 Å². The van der Waals surface area contributed by atoms with E-state index in [1.807, 2.05) is 19.1 Å². The second-order valence-electron chi connectivity index (χ2n) is 4.03. The maximum absolute atomic E-state index is 11.2. The monoisotopic (exact) mass is 182 g/mol. The highest BCUT2D eigenvalue weighted by atomic mass is 16.4. The fraction of sp³-hybridized carbons (Fsp3) is 0.727. The molecule has 0 heterocycles. The Kier molecular flexibility index (Phi) is 3.12.